The largest absolute Gasteiger partial charge is 0.466 e. The van der Waals surface area contributed by atoms with E-state index in [0.717, 1.165) is 51.4 Å². The molecule has 0 saturated carbocycles. The second kappa shape index (κ2) is 52.0. The Hall–Kier alpha value is -1.66. The van der Waals surface area contributed by atoms with Gasteiger partial charge in [-0.05, 0) is 57.8 Å². The first-order valence-corrected chi connectivity index (χ1v) is 27.6. The lowest BCUT2D eigenvalue weighted by atomic mass is 10.0. The van der Waals surface area contributed by atoms with Crippen molar-refractivity contribution in [2.24, 2.45) is 0 Å². The quantitative estimate of drug-likeness (QED) is 0.0321. The minimum Gasteiger partial charge on any atom is -0.466 e. The summed E-state index contributed by atoms with van der Waals surface area (Å²) in [5.74, 6) is -0.0421. The van der Waals surface area contributed by atoms with Gasteiger partial charge < -0.3 is 20.3 Å². The number of hydrogen-bond acceptors (Lipinski definition) is 5. The second-order valence-corrected chi connectivity index (χ2v) is 18.9. The zero-order chi connectivity index (χ0) is 45.1. The fraction of sp³-hybridized carbons (Fsp3) is 0.893. The van der Waals surface area contributed by atoms with Crippen molar-refractivity contribution in [1.82, 2.24) is 5.32 Å². The van der Waals surface area contributed by atoms with Crippen LogP contribution >= 0.6 is 0 Å². The molecule has 366 valence electrons. The molecule has 0 aromatic heterocycles. The number of carbonyl (C=O) groups is 2. The molecule has 0 aromatic carbocycles. The Kier molecular flexibility index (Phi) is 50.6. The predicted octanol–water partition coefficient (Wildman–Crippen LogP) is 16.7. The third-order valence-corrected chi connectivity index (χ3v) is 12.8. The van der Waals surface area contributed by atoms with Gasteiger partial charge in [0.2, 0.25) is 5.91 Å². The number of aliphatic hydroxyl groups excluding tert-OH is 2. The first-order valence-electron chi connectivity index (χ1n) is 27.6. The molecule has 0 aliphatic rings. The topological polar surface area (TPSA) is 95.9 Å². The summed E-state index contributed by atoms with van der Waals surface area (Å²) < 4.78 is 5.47. The highest BCUT2D eigenvalue weighted by atomic mass is 16.5. The molecule has 2 unspecified atom stereocenters. The van der Waals surface area contributed by atoms with Crippen LogP contribution in [0.4, 0.5) is 0 Å². The summed E-state index contributed by atoms with van der Waals surface area (Å²) in [7, 11) is 0. The van der Waals surface area contributed by atoms with Gasteiger partial charge in [-0.3, -0.25) is 9.59 Å². The van der Waals surface area contributed by atoms with Crippen LogP contribution in [0.3, 0.4) is 0 Å². The number of allylic oxidation sites excluding steroid dienone is 4. The second-order valence-electron chi connectivity index (χ2n) is 18.9. The Morgan fingerprint density at radius 3 is 1.26 bits per heavy atom. The van der Waals surface area contributed by atoms with E-state index in [2.05, 4.69) is 43.5 Å². The van der Waals surface area contributed by atoms with Gasteiger partial charge in [-0.1, -0.05) is 250 Å². The van der Waals surface area contributed by atoms with Crippen LogP contribution in [0.15, 0.2) is 24.3 Å². The van der Waals surface area contributed by atoms with E-state index in [1.165, 1.54) is 212 Å². The predicted molar refractivity (Wildman–Crippen MR) is 269 cm³/mol. The van der Waals surface area contributed by atoms with Gasteiger partial charge in [-0.15, -0.1) is 0 Å². The van der Waals surface area contributed by atoms with Crippen LogP contribution in [0.25, 0.3) is 0 Å². The van der Waals surface area contributed by atoms with Gasteiger partial charge in [0.15, 0.2) is 0 Å². The maximum Gasteiger partial charge on any atom is 0.305 e. The summed E-state index contributed by atoms with van der Waals surface area (Å²) >= 11 is 0. The lowest BCUT2D eigenvalue weighted by Gasteiger charge is -2.22. The van der Waals surface area contributed by atoms with Gasteiger partial charge in [0.25, 0.3) is 0 Å². The number of esters is 1. The van der Waals surface area contributed by atoms with Crippen LogP contribution in [0.5, 0.6) is 0 Å². The van der Waals surface area contributed by atoms with E-state index in [9.17, 15) is 19.8 Å². The lowest BCUT2D eigenvalue weighted by Crippen LogP contribution is -2.45. The van der Waals surface area contributed by atoms with E-state index in [0.29, 0.717) is 25.9 Å². The van der Waals surface area contributed by atoms with Gasteiger partial charge in [0, 0.05) is 12.8 Å². The van der Waals surface area contributed by atoms with Crippen LogP contribution in [-0.2, 0) is 14.3 Å². The molecule has 6 nitrogen and oxygen atoms in total. The molecule has 0 rings (SSSR count). The molecule has 1 amide bonds. The minimum absolute atomic E-state index is 0.00356. The maximum absolute atomic E-state index is 12.4. The molecule has 0 heterocycles. The Labute approximate surface area is 386 Å². The highest BCUT2D eigenvalue weighted by Crippen LogP contribution is 2.17. The van der Waals surface area contributed by atoms with Gasteiger partial charge in [0.1, 0.15) is 0 Å². The number of unbranched alkanes of at least 4 members (excludes halogenated alkanes) is 36. The van der Waals surface area contributed by atoms with Gasteiger partial charge in [-0.2, -0.15) is 0 Å². The minimum atomic E-state index is -0.663. The SMILES string of the molecule is CCCCC/C=C\C/C=C\CCCCCCCC(=O)OCCCCCCCCCCCCCCCCCCCCCCC(=O)NC(CO)C(O)CCCCCCCCCCCC. The van der Waals surface area contributed by atoms with Crippen LogP contribution in [0.2, 0.25) is 0 Å². The summed E-state index contributed by atoms with van der Waals surface area (Å²) in [4.78, 5) is 24.4. The smallest absolute Gasteiger partial charge is 0.305 e. The van der Waals surface area contributed by atoms with Crippen LogP contribution in [-0.4, -0.2) is 47.4 Å². The van der Waals surface area contributed by atoms with Crippen molar-refractivity contribution in [3.8, 4) is 0 Å². The highest BCUT2D eigenvalue weighted by molar-refractivity contribution is 5.76. The van der Waals surface area contributed by atoms with Crippen molar-refractivity contribution in [3.05, 3.63) is 24.3 Å². The average Bonchev–Trinajstić information content (AvgIpc) is 3.27. The number of rotatable bonds is 51. The Balaban J connectivity index is 3.37. The van der Waals surface area contributed by atoms with E-state index < -0.39 is 12.1 Å². The normalized spacial score (nSPS) is 12.8. The molecular weight excluding hydrogens is 767 g/mol. The summed E-state index contributed by atoms with van der Waals surface area (Å²) in [6, 6.07) is -0.541. The zero-order valence-electron chi connectivity index (χ0n) is 41.6. The number of ether oxygens (including phenoxy) is 1. The van der Waals surface area contributed by atoms with Gasteiger partial charge in [0.05, 0.1) is 25.4 Å². The molecule has 0 aliphatic carbocycles. The first-order chi connectivity index (χ1) is 30.5. The van der Waals surface area contributed by atoms with Crippen LogP contribution < -0.4 is 5.32 Å². The van der Waals surface area contributed by atoms with Crippen molar-refractivity contribution in [2.75, 3.05) is 13.2 Å². The van der Waals surface area contributed by atoms with Crippen molar-refractivity contribution in [3.63, 3.8) is 0 Å². The highest BCUT2D eigenvalue weighted by Gasteiger charge is 2.20. The standard InChI is InChI=1S/C56H107NO5/c1-3-5-7-9-11-13-15-16-23-27-30-34-38-42-46-50-56(61)62-51-47-43-39-35-31-28-25-22-20-18-17-19-21-24-26-29-33-37-41-45-49-55(60)57-53(52-58)54(59)48-44-40-36-32-14-12-10-8-6-4-2/h11,13,16,23,53-54,58-59H,3-10,12,14-15,17-22,24-52H2,1-2H3,(H,57,60)/b13-11-,23-16-. The molecule has 0 aliphatic heterocycles. The molecule has 0 saturated heterocycles. The van der Waals surface area contributed by atoms with Gasteiger partial charge >= 0.3 is 5.97 Å². The molecule has 6 heteroatoms. The third kappa shape index (κ3) is 47.8. The fourth-order valence-electron chi connectivity index (χ4n) is 8.49. The van der Waals surface area contributed by atoms with Crippen molar-refractivity contribution < 1.29 is 24.5 Å². The van der Waals surface area contributed by atoms with E-state index >= 15 is 0 Å². The molecule has 2 atom stereocenters. The lowest BCUT2D eigenvalue weighted by molar-refractivity contribution is -0.143. The Morgan fingerprint density at radius 1 is 0.452 bits per heavy atom. The van der Waals surface area contributed by atoms with Crippen molar-refractivity contribution in [1.29, 1.82) is 0 Å². The van der Waals surface area contributed by atoms with Crippen LogP contribution in [0, 0.1) is 0 Å². The molecular formula is C56H107NO5. The number of hydrogen-bond donors (Lipinski definition) is 3. The molecule has 62 heavy (non-hydrogen) atoms. The van der Waals surface area contributed by atoms with Crippen molar-refractivity contribution in [2.45, 2.75) is 309 Å². The summed E-state index contributed by atoms with van der Waals surface area (Å²) in [5.41, 5.74) is 0. The van der Waals surface area contributed by atoms with E-state index in [1.54, 1.807) is 0 Å². The van der Waals surface area contributed by atoms with Crippen LogP contribution in [0.1, 0.15) is 296 Å². The Morgan fingerprint density at radius 2 is 0.806 bits per heavy atom. The molecule has 3 N–H and O–H groups in total. The summed E-state index contributed by atoms with van der Waals surface area (Å²) in [6.45, 7) is 4.91. The number of carbonyl (C=O) groups excluding carboxylic acids is 2. The third-order valence-electron chi connectivity index (χ3n) is 12.8. The average molecular weight is 874 g/mol. The molecule has 0 spiro atoms. The number of nitrogens with one attached hydrogen (secondary N) is 1. The zero-order valence-corrected chi connectivity index (χ0v) is 41.6. The van der Waals surface area contributed by atoms with Crippen molar-refractivity contribution >= 4 is 11.9 Å². The molecule has 0 radical (unpaired) electrons. The monoisotopic (exact) mass is 874 g/mol. The fourth-order valence-corrected chi connectivity index (χ4v) is 8.49. The van der Waals surface area contributed by atoms with E-state index in [1.807, 2.05) is 0 Å². The summed E-state index contributed by atoms with van der Waals surface area (Å²) in [6.07, 6.45) is 61.6. The number of aliphatic hydroxyl groups is 2. The molecule has 0 aromatic rings. The van der Waals surface area contributed by atoms with Gasteiger partial charge in [-0.25, -0.2) is 0 Å². The Bertz CT molecular complexity index is 966. The maximum atomic E-state index is 12.4. The van der Waals surface area contributed by atoms with E-state index in [4.69, 9.17) is 4.74 Å². The number of amides is 1. The molecule has 0 bridgehead atoms. The molecule has 0 fully saturated rings. The van der Waals surface area contributed by atoms with E-state index in [-0.39, 0.29) is 18.5 Å². The summed E-state index contributed by atoms with van der Waals surface area (Å²) in [5, 5.41) is 23.1. The first kappa shape index (κ1) is 60.3.